The second-order valence-electron chi connectivity index (χ2n) is 13.4. The van der Waals surface area contributed by atoms with E-state index in [1.807, 2.05) is 30.5 Å². The molecule has 1 saturated carbocycles. The number of amides is 2. The standard InChI is InChI=1S/C39H29ClF2N8O3/c40-39(41,42)53-27-8-6-26(7-9-27)50-32-18-23(35(43)51)15-28(33(32)38(36(50)52)11-2-1-3-12-38)24-16-29-31(46-20-24)17-25-21-49(48-34(25)29)37-45-14-10-30(47-37)22-5-4-13-44-19-22/h4-10,13-16,18-21H,1-3,11-12,17H2,(H2,43,51). The zero-order valence-electron chi connectivity index (χ0n) is 28.0. The van der Waals surface area contributed by atoms with Crippen molar-refractivity contribution < 1.29 is 23.1 Å². The molecular formula is C39H29ClF2N8O3. The molecule has 9 rings (SSSR count). The predicted octanol–water partition coefficient (Wildman–Crippen LogP) is 7.50. The molecule has 1 aliphatic heterocycles. The van der Waals surface area contributed by atoms with E-state index in [2.05, 4.69) is 14.7 Å². The number of nitrogens with zero attached hydrogens (tertiary/aromatic N) is 7. The first-order valence-electron chi connectivity index (χ1n) is 17.1. The maximum absolute atomic E-state index is 14.7. The maximum atomic E-state index is 14.7. The van der Waals surface area contributed by atoms with Crippen molar-refractivity contribution in [1.82, 2.24) is 29.7 Å². The van der Waals surface area contributed by atoms with Crippen LogP contribution >= 0.6 is 11.6 Å². The number of anilines is 2. The van der Waals surface area contributed by atoms with E-state index < -0.39 is 16.9 Å². The van der Waals surface area contributed by atoms with Crippen LogP contribution in [-0.2, 0) is 16.6 Å². The fourth-order valence-corrected chi connectivity index (χ4v) is 8.04. The van der Waals surface area contributed by atoms with Gasteiger partial charge in [-0.15, -0.1) is 8.78 Å². The molecule has 2 aromatic carbocycles. The van der Waals surface area contributed by atoms with Gasteiger partial charge in [0.15, 0.2) is 0 Å². The normalized spacial score (nSPS) is 15.7. The van der Waals surface area contributed by atoms with Crippen molar-refractivity contribution in [2.45, 2.75) is 49.5 Å². The van der Waals surface area contributed by atoms with Crippen LogP contribution in [0.2, 0.25) is 0 Å². The van der Waals surface area contributed by atoms with Crippen LogP contribution < -0.4 is 15.4 Å². The van der Waals surface area contributed by atoms with Crippen LogP contribution in [0.5, 0.6) is 5.75 Å². The molecule has 1 fully saturated rings. The number of nitrogens with two attached hydrogens (primary N) is 1. The summed E-state index contributed by atoms with van der Waals surface area (Å²) in [6.45, 7) is 0. The highest BCUT2D eigenvalue weighted by molar-refractivity contribution is 6.20. The van der Waals surface area contributed by atoms with Crippen LogP contribution in [0.3, 0.4) is 0 Å². The summed E-state index contributed by atoms with van der Waals surface area (Å²) >= 11 is 4.98. The molecule has 1 spiro atoms. The predicted molar refractivity (Wildman–Crippen MR) is 192 cm³/mol. The summed E-state index contributed by atoms with van der Waals surface area (Å²) in [5, 5.41) is 4.90. The van der Waals surface area contributed by atoms with E-state index in [1.165, 1.54) is 24.3 Å². The van der Waals surface area contributed by atoms with E-state index in [4.69, 9.17) is 32.4 Å². The van der Waals surface area contributed by atoms with Crippen LogP contribution in [0.4, 0.5) is 20.2 Å². The highest BCUT2D eigenvalue weighted by Gasteiger charge is 2.53. The molecule has 11 nitrogen and oxygen atoms in total. The van der Waals surface area contributed by atoms with Crippen molar-refractivity contribution in [2.75, 3.05) is 4.90 Å². The smallest absolute Gasteiger partial charge is 0.420 e. The minimum Gasteiger partial charge on any atom is -0.420 e. The summed E-state index contributed by atoms with van der Waals surface area (Å²) in [4.78, 5) is 47.4. The van der Waals surface area contributed by atoms with Crippen molar-refractivity contribution in [3.8, 4) is 45.3 Å². The van der Waals surface area contributed by atoms with Crippen molar-refractivity contribution >= 4 is 34.8 Å². The lowest BCUT2D eigenvalue weighted by Gasteiger charge is -2.33. The number of carbonyl (C=O) groups is 2. The third-order valence-electron chi connectivity index (χ3n) is 10.3. The number of alkyl halides is 3. The van der Waals surface area contributed by atoms with Crippen LogP contribution in [0.25, 0.3) is 39.6 Å². The highest BCUT2D eigenvalue weighted by Crippen LogP contribution is 2.56. The fraction of sp³-hybridized carbons (Fsp3) is 0.205. The van der Waals surface area contributed by atoms with Gasteiger partial charge in [-0.1, -0.05) is 19.3 Å². The number of benzene rings is 2. The summed E-state index contributed by atoms with van der Waals surface area (Å²) in [5.41, 5.74) is 9.36. The van der Waals surface area contributed by atoms with Gasteiger partial charge in [-0.3, -0.25) is 24.5 Å². The molecule has 14 heteroatoms. The molecule has 2 aliphatic carbocycles. The van der Waals surface area contributed by atoms with Crippen molar-refractivity contribution in [3.05, 3.63) is 114 Å². The average molecular weight is 731 g/mol. The number of hydrogen-bond donors (Lipinski definition) is 1. The molecule has 0 unspecified atom stereocenters. The summed E-state index contributed by atoms with van der Waals surface area (Å²) < 4.78 is 32.9. The second kappa shape index (κ2) is 12.3. The molecule has 264 valence electrons. The monoisotopic (exact) mass is 730 g/mol. The van der Waals surface area contributed by atoms with Gasteiger partial charge in [0.05, 0.1) is 28.2 Å². The number of hydrogen-bond acceptors (Lipinski definition) is 8. The Morgan fingerprint density at radius 1 is 0.943 bits per heavy atom. The van der Waals surface area contributed by atoms with E-state index in [-0.39, 0.29) is 17.2 Å². The van der Waals surface area contributed by atoms with E-state index in [9.17, 15) is 18.4 Å². The molecule has 0 atom stereocenters. The minimum atomic E-state index is -3.89. The summed E-state index contributed by atoms with van der Waals surface area (Å²) in [6, 6.07) is 16.7. The number of ether oxygens (including phenoxy) is 1. The molecular weight excluding hydrogens is 702 g/mol. The first-order valence-corrected chi connectivity index (χ1v) is 17.5. The van der Waals surface area contributed by atoms with Crippen molar-refractivity contribution in [3.63, 3.8) is 0 Å². The number of halogens is 3. The van der Waals surface area contributed by atoms with Crippen molar-refractivity contribution in [2.24, 2.45) is 5.73 Å². The van der Waals surface area contributed by atoms with Gasteiger partial charge in [0.1, 0.15) is 5.75 Å². The number of fused-ring (bicyclic) bond motifs is 5. The lowest BCUT2D eigenvalue weighted by atomic mass is 9.68. The van der Waals surface area contributed by atoms with Crippen LogP contribution in [0.15, 0.2) is 91.6 Å². The summed E-state index contributed by atoms with van der Waals surface area (Å²) in [5.74, 6) is -0.580. The van der Waals surface area contributed by atoms with Gasteiger partial charge in [0, 0.05) is 82.5 Å². The summed E-state index contributed by atoms with van der Waals surface area (Å²) in [7, 11) is 0. The van der Waals surface area contributed by atoms with Crippen LogP contribution in [0, 0.1) is 0 Å². The van der Waals surface area contributed by atoms with Gasteiger partial charge < -0.3 is 10.5 Å². The lowest BCUT2D eigenvalue weighted by Crippen LogP contribution is -2.40. The molecule has 4 aromatic heterocycles. The Morgan fingerprint density at radius 2 is 1.75 bits per heavy atom. The molecule has 0 saturated heterocycles. The second-order valence-corrected chi connectivity index (χ2v) is 13.9. The average Bonchev–Trinajstić information content (AvgIpc) is 3.80. The largest absolute Gasteiger partial charge is 0.487 e. The lowest BCUT2D eigenvalue weighted by molar-refractivity contribution is -0.123. The molecule has 3 aliphatic rings. The van der Waals surface area contributed by atoms with E-state index in [0.29, 0.717) is 53.4 Å². The van der Waals surface area contributed by atoms with Crippen LogP contribution in [0.1, 0.15) is 59.3 Å². The Hall–Kier alpha value is -6.08. The molecule has 2 amide bonds. The SMILES string of the molecule is NC(=O)c1cc(-c2cnc3c(c2)-c2nn(-c4nccc(-c5cccnc5)n4)cc2C3)c2c(c1)N(c1ccc(OC(F)(F)Cl)cc1)C(=O)C21CCCCC1. The molecule has 0 bridgehead atoms. The molecule has 2 N–H and O–H groups in total. The van der Waals surface area contributed by atoms with Gasteiger partial charge in [-0.25, -0.2) is 14.6 Å². The molecule has 53 heavy (non-hydrogen) atoms. The van der Waals surface area contributed by atoms with E-state index >= 15 is 0 Å². The number of primary amides is 1. The fourth-order valence-electron chi connectivity index (χ4n) is 7.95. The Labute approximate surface area is 306 Å². The van der Waals surface area contributed by atoms with Crippen molar-refractivity contribution in [1.29, 1.82) is 0 Å². The zero-order chi connectivity index (χ0) is 36.5. The molecule has 6 aromatic rings. The third-order valence-corrected chi connectivity index (χ3v) is 10.3. The highest BCUT2D eigenvalue weighted by atomic mass is 35.5. The Balaban J connectivity index is 1.16. The van der Waals surface area contributed by atoms with Gasteiger partial charge >= 0.3 is 5.57 Å². The zero-order valence-corrected chi connectivity index (χ0v) is 28.7. The van der Waals surface area contributed by atoms with Gasteiger partial charge in [0.2, 0.25) is 11.8 Å². The van der Waals surface area contributed by atoms with Gasteiger partial charge in [0.25, 0.3) is 5.95 Å². The maximum Gasteiger partial charge on any atom is 0.487 e. The Kier molecular flexibility index (Phi) is 7.59. The Bertz CT molecular complexity index is 2440. The number of carbonyl (C=O) groups excluding carboxylic acids is 2. The van der Waals surface area contributed by atoms with E-state index in [0.717, 1.165) is 52.9 Å². The number of rotatable bonds is 7. The van der Waals surface area contributed by atoms with Gasteiger partial charge in [-0.05, 0) is 84.6 Å². The minimum absolute atomic E-state index is 0.157. The quantitative estimate of drug-likeness (QED) is 0.166. The Morgan fingerprint density at radius 3 is 2.49 bits per heavy atom. The molecule has 0 radical (unpaired) electrons. The number of pyridine rings is 2. The third kappa shape index (κ3) is 5.59. The summed E-state index contributed by atoms with van der Waals surface area (Å²) in [6.07, 6.45) is 13.2. The topological polar surface area (TPSA) is 142 Å². The first-order chi connectivity index (χ1) is 25.6. The molecule has 5 heterocycles. The van der Waals surface area contributed by atoms with Gasteiger partial charge in [-0.2, -0.15) is 5.10 Å². The van der Waals surface area contributed by atoms with E-state index in [1.54, 1.807) is 46.5 Å². The van der Waals surface area contributed by atoms with Crippen LogP contribution in [-0.4, -0.2) is 47.1 Å². The number of aromatic nitrogens is 6. The first kappa shape index (κ1) is 32.8.